The zero-order chi connectivity index (χ0) is 23.8. The summed E-state index contributed by atoms with van der Waals surface area (Å²) in [6.07, 6.45) is 7.17. The van der Waals surface area contributed by atoms with Crippen LogP contribution in [0.4, 0.5) is 23.0 Å². The maximum atomic E-state index is 6.21. The Morgan fingerprint density at radius 1 is 0.971 bits per heavy atom. The van der Waals surface area contributed by atoms with Crippen LogP contribution in [0.15, 0.2) is 83.9 Å². The van der Waals surface area contributed by atoms with Gasteiger partial charge in [0.15, 0.2) is 5.82 Å². The molecule has 1 aliphatic rings. The molecule has 0 aliphatic carbocycles. The van der Waals surface area contributed by atoms with Crippen molar-refractivity contribution in [1.82, 2.24) is 19.4 Å². The number of nitrogens with one attached hydrogen (secondary N) is 1. The number of benzene rings is 2. The molecule has 4 heterocycles. The van der Waals surface area contributed by atoms with Gasteiger partial charge in [0.1, 0.15) is 0 Å². The summed E-state index contributed by atoms with van der Waals surface area (Å²) < 4.78 is 7.37. The van der Waals surface area contributed by atoms with Crippen molar-refractivity contribution in [2.24, 2.45) is 0 Å². The zero-order valence-corrected chi connectivity index (χ0v) is 19.6. The third-order valence-corrected chi connectivity index (χ3v) is 6.59. The summed E-state index contributed by atoms with van der Waals surface area (Å²) in [5, 5.41) is 4.35. The van der Waals surface area contributed by atoms with E-state index in [0.29, 0.717) is 5.95 Å². The number of anilines is 4. The first kappa shape index (κ1) is 21.2. The largest absolute Gasteiger partial charge is 0.472 e. The van der Waals surface area contributed by atoms with Crippen molar-refractivity contribution in [3.05, 3.63) is 79.5 Å². The highest BCUT2D eigenvalue weighted by molar-refractivity contribution is 5.93. The maximum absolute atomic E-state index is 6.21. The molecule has 8 heteroatoms. The van der Waals surface area contributed by atoms with Gasteiger partial charge in [-0.25, -0.2) is 4.98 Å². The van der Waals surface area contributed by atoms with Crippen LogP contribution >= 0.6 is 0 Å². The molecule has 5 aromatic rings. The minimum absolute atomic E-state index is 0.519. The predicted molar refractivity (Wildman–Crippen MR) is 140 cm³/mol. The number of hydrogen-bond donors (Lipinski definition) is 2. The molecule has 0 bridgehead atoms. The average Bonchev–Trinajstić information content (AvgIpc) is 3.56. The van der Waals surface area contributed by atoms with E-state index in [1.807, 2.05) is 47.3 Å². The molecule has 1 aliphatic heterocycles. The number of nitrogen functional groups attached to an aromatic ring is 1. The second-order valence-electron chi connectivity index (χ2n) is 8.87. The molecule has 3 N–H and O–H groups in total. The Morgan fingerprint density at radius 3 is 2.57 bits per heavy atom. The number of nitrogens with two attached hydrogens (primary N) is 1. The van der Waals surface area contributed by atoms with Crippen LogP contribution in [0.25, 0.3) is 27.8 Å². The summed E-state index contributed by atoms with van der Waals surface area (Å²) in [4.78, 5) is 14.3. The smallest absolute Gasteiger partial charge is 0.229 e. The van der Waals surface area contributed by atoms with Crippen molar-refractivity contribution < 1.29 is 4.42 Å². The van der Waals surface area contributed by atoms with Gasteiger partial charge >= 0.3 is 0 Å². The molecular formula is C27H27N7O. The molecule has 0 amide bonds. The maximum Gasteiger partial charge on any atom is 0.229 e. The van der Waals surface area contributed by atoms with Crippen LogP contribution in [0.2, 0.25) is 0 Å². The first-order valence-electron chi connectivity index (χ1n) is 11.7. The lowest BCUT2D eigenvalue weighted by molar-refractivity contribution is 0.313. The summed E-state index contributed by atoms with van der Waals surface area (Å²) in [6.45, 7) is 4.25. The second kappa shape index (κ2) is 8.81. The van der Waals surface area contributed by atoms with E-state index < -0.39 is 0 Å². The van der Waals surface area contributed by atoms with E-state index in [2.05, 4.69) is 51.4 Å². The van der Waals surface area contributed by atoms with Gasteiger partial charge in [-0.1, -0.05) is 6.07 Å². The van der Waals surface area contributed by atoms with Crippen LogP contribution in [-0.4, -0.2) is 52.7 Å². The number of fused-ring (bicyclic) bond motifs is 1. The highest BCUT2D eigenvalue weighted by Crippen LogP contribution is 2.31. The van der Waals surface area contributed by atoms with Crippen LogP contribution in [0.3, 0.4) is 0 Å². The van der Waals surface area contributed by atoms with Gasteiger partial charge in [0.2, 0.25) is 5.95 Å². The molecule has 0 radical (unpaired) electrons. The Bertz CT molecular complexity index is 1450. The van der Waals surface area contributed by atoms with Crippen molar-refractivity contribution >= 4 is 33.9 Å². The van der Waals surface area contributed by atoms with Crippen LogP contribution in [-0.2, 0) is 0 Å². The number of piperazine rings is 1. The standard InChI is InChI=1S/C27H27N7O/c1-32-12-14-33(15-13-32)21-7-5-20(6-8-21)30-27-29-17-23(19-10-16-35-18-19)26(31-27)34-11-9-22-24(28)3-2-4-25(22)34/h2-11,16-18H,12-15,28H2,1H3,(H,29,30,31). The molecule has 0 saturated carbocycles. The highest BCUT2D eigenvalue weighted by Gasteiger charge is 2.16. The van der Waals surface area contributed by atoms with Crippen LogP contribution in [0.1, 0.15) is 0 Å². The second-order valence-corrected chi connectivity index (χ2v) is 8.87. The fourth-order valence-corrected chi connectivity index (χ4v) is 4.56. The molecular weight excluding hydrogens is 438 g/mol. The van der Waals surface area contributed by atoms with E-state index >= 15 is 0 Å². The van der Waals surface area contributed by atoms with Crippen LogP contribution in [0, 0.1) is 0 Å². The third kappa shape index (κ3) is 4.08. The van der Waals surface area contributed by atoms with E-state index in [9.17, 15) is 0 Å². The predicted octanol–water partition coefficient (Wildman–Crippen LogP) is 4.76. The Hall–Kier alpha value is -4.30. The van der Waals surface area contributed by atoms with E-state index in [0.717, 1.165) is 65.4 Å². The van der Waals surface area contributed by atoms with E-state index in [4.69, 9.17) is 15.1 Å². The topological polar surface area (TPSA) is 88.4 Å². The molecule has 0 unspecified atom stereocenters. The molecule has 1 fully saturated rings. The van der Waals surface area contributed by atoms with Gasteiger partial charge < -0.3 is 29.8 Å². The Kier molecular flexibility index (Phi) is 5.35. The van der Waals surface area contributed by atoms with E-state index in [-0.39, 0.29) is 0 Å². The van der Waals surface area contributed by atoms with Crippen molar-refractivity contribution in [1.29, 1.82) is 0 Å². The number of likely N-dealkylation sites (N-methyl/N-ethyl adjacent to an activating group) is 1. The monoisotopic (exact) mass is 465 g/mol. The normalized spacial score (nSPS) is 14.5. The fraction of sp³-hybridized carbons (Fsp3) is 0.185. The number of nitrogens with zero attached hydrogens (tertiary/aromatic N) is 5. The first-order valence-corrected chi connectivity index (χ1v) is 11.7. The first-order chi connectivity index (χ1) is 17.2. The Morgan fingerprint density at radius 2 is 1.80 bits per heavy atom. The van der Waals surface area contributed by atoms with Crippen molar-refractivity contribution in [2.45, 2.75) is 0 Å². The van der Waals surface area contributed by atoms with Gasteiger partial charge in [0, 0.05) is 72.1 Å². The number of rotatable bonds is 5. The lowest BCUT2D eigenvalue weighted by atomic mass is 10.1. The number of furan rings is 1. The minimum Gasteiger partial charge on any atom is -0.472 e. The summed E-state index contributed by atoms with van der Waals surface area (Å²) in [6, 6.07) is 18.3. The molecule has 176 valence electrons. The van der Waals surface area contributed by atoms with E-state index in [1.165, 1.54) is 5.69 Å². The molecule has 1 saturated heterocycles. The zero-order valence-electron chi connectivity index (χ0n) is 19.6. The van der Waals surface area contributed by atoms with Gasteiger partial charge in [0.05, 0.1) is 18.0 Å². The summed E-state index contributed by atoms with van der Waals surface area (Å²) in [5.74, 6) is 1.27. The number of hydrogen-bond acceptors (Lipinski definition) is 7. The minimum atomic E-state index is 0.519. The highest BCUT2D eigenvalue weighted by atomic mass is 16.3. The van der Waals surface area contributed by atoms with Crippen molar-refractivity contribution in [3.8, 4) is 16.9 Å². The van der Waals surface area contributed by atoms with Gasteiger partial charge in [-0.3, -0.25) is 0 Å². The fourth-order valence-electron chi connectivity index (χ4n) is 4.56. The average molecular weight is 466 g/mol. The SMILES string of the molecule is CN1CCN(c2ccc(Nc3ncc(-c4ccoc4)c(-n4ccc5c(N)cccc54)n3)cc2)CC1. The summed E-state index contributed by atoms with van der Waals surface area (Å²) in [7, 11) is 2.17. The molecule has 35 heavy (non-hydrogen) atoms. The Balaban J connectivity index is 1.33. The Labute approximate surface area is 203 Å². The molecule has 8 nitrogen and oxygen atoms in total. The quantitative estimate of drug-likeness (QED) is 0.362. The van der Waals surface area contributed by atoms with E-state index in [1.54, 1.807) is 12.5 Å². The van der Waals surface area contributed by atoms with Crippen molar-refractivity contribution in [2.75, 3.05) is 49.2 Å². The van der Waals surface area contributed by atoms with Gasteiger partial charge in [-0.2, -0.15) is 4.98 Å². The number of aromatic nitrogens is 3. The molecule has 3 aromatic heterocycles. The lowest BCUT2D eigenvalue weighted by Crippen LogP contribution is -2.44. The lowest BCUT2D eigenvalue weighted by Gasteiger charge is -2.34. The molecule has 2 aromatic carbocycles. The molecule has 0 atom stereocenters. The van der Waals surface area contributed by atoms with Crippen molar-refractivity contribution in [3.63, 3.8) is 0 Å². The van der Waals surface area contributed by atoms with Crippen LogP contribution in [0.5, 0.6) is 0 Å². The van der Waals surface area contributed by atoms with Gasteiger partial charge in [-0.15, -0.1) is 0 Å². The summed E-state index contributed by atoms with van der Waals surface area (Å²) in [5.41, 5.74) is 11.9. The van der Waals surface area contributed by atoms with Gasteiger partial charge in [0.25, 0.3) is 0 Å². The molecule has 0 spiro atoms. The molecule has 6 rings (SSSR count). The van der Waals surface area contributed by atoms with Crippen LogP contribution < -0.4 is 16.0 Å². The third-order valence-electron chi connectivity index (χ3n) is 6.59. The summed E-state index contributed by atoms with van der Waals surface area (Å²) >= 11 is 0. The van der Waals surface area contributed by atoms with Gasteiger partial charge in [-0.05, 0) is 55.6 Å².